The number of carbonyl (C=O) groups excluding carboxylic acids is 2. The number of quaternary nitrogens is 1. The Labute approximate surface area is 135 Å². The van der Waals surface area contributed by atoms with Crippen LogP contribution in [0.3, 0.4) is 0 Å². The Balaban J connectivity index is 1.97. The summed E-state index contributed by atoms with van der Waals surface area (Å²) in [4.78, 5) is 23.4. The third-order valence-electron chi connectivity index (χ3n) is 4.25. The van der Waals surface area contributed by atoms with Gasteiger partial charge in [-0.2, -0.15) is 0 Å². The number of halogens is 2. The van der Waals surface area contributed by atoms with Crippen LogP contribution < -0.4 is 0 Å². The summed E-state index contributed by atoms with van der Waals surface area (Å²) in [7, 11) is 1.71. The van der Waals surface area contributed by atoms with Crippen LogP contribution in [-0.2, 0) is 18.9 Å². The van der Waals surface area contributed by atoms with Crippen molar-refractivity contribution in [3.05, 3.63) is 35.9 Å². The van der Waals surface area contributed by atoms with Gasteiger partial charge in [-0.3, -0.25) is 9.59 Å². The molecule has 0 aliphatic carbocycles. The number of nitrogens with zero attached hydrogens (tertiary/aromatic N) is 1. The third kappa shape index (κ3) is 2.15. The van der Waals surface area contributed by atoms with Crippen LogP contribution in [-0.4, -0.2) is 47.0 Å². The van der Waals surface area contributed by atoms with Crippen molar-refractivity contribution < 1.29 is 27.7 Å². The molecule has 0 amide bonds. The maximum absolute atomic E-state index is 14.9. The Hall–Kier alpha value is -1.16. The van der Waals surface area contributed by atoms with Crippen LogP contribution in [0.25, 0.3) is 0 Å². The zero-order chi connectivity index (χ0) is 15.3. The van der Waals surface area contributed by atoms with E-state index in [0.717, 1.165) is 0 Å². The first-order valence-electron chi connectivity index (χ1n) is 6.64. The van der Waals surface area contributed by atoms with Gasteiger partial charge in [0.1, 0.15) is 19.3 Å². The van der Waals surface area contributed by atoms with Gasteiger partial charge < -0.3 is 13.7 Å². The maximum atomic E-state index is 14.9. The molecule has 8 heteroatoms. The van der Waals surface area contributed by atoms with Crippen molar-refractivity contribution in [2.24, 2.45) is 0 Å². The largest absolute Gasteiger partial charge is 0.599 e. The molecule has 5 nitrogen and oxygen atoms in total. The van der Waals surface area contributed by atoms with Crippen molar-refractivity contribution in [2.45, 2.75) is 10.00 Å². The molecule has 112 valence electrons. The predicted molar refractivity (Wildman–Crippen MR) is 82.0 cm³/mol. The summed E-state index contributed by atoms with van der Waals surface area (Å²) in [5, 5.41) is 0. The lowest BCUT2D eigenvalue weighted by molar-refractivity contribution is -0.794. The van der Waals surface area contributed by atoms with Crippen LogP contribution in [0.2, 0.25) is 0 Å². The first kappa shape index (κ1) is 14.8. The second kappa shape index (κ2) is 4.94. The van der Waals surface area contributed by atoms with E-state index in [1.807, 2.05) is 22.6 Å². The average Bonchev–Trinajstić information content (AvgIpc) is 2.82. The molecule has 2 aliphatic rings. The van der Waals surface area contributed by atoms with E-state index in [0.29, 0.717) is 5.56 Å². The van der Waals surface area contributed by atoms with Gasteiger partial charge in [-0.15, -0.1) is 22.6 Å². The second-order valence-electron chi connectivity index (χ2n) is 5.76. The molecule has 2 atom stereocenters. The molecule has 0 radical (unpaired) electrons. The van der Waals surface area contributed by atoms with Crippen LogP contribution >= 0.6 is 22.6 Å². The molecular formula is C13H14BFINO4. The molecular weight excluding hydrogens is 391 g/mol. The van der Waals surface area contributed by atoms with Gasteiger partial charge in [0.25, 0.3) is 0 Å². The van der Waals surface area contributed by atoms with Crippen molar-refractivity contribution in [1.82, 2.24) is 0 Å². The van der Waals surface area contributed by atoms with E-state index in [1.54, 1.807) is 37.4 Å². The van der Waals surface area contributed by atoms with Crippen LogP contribution in [0.15, 0.2) is 30.3 Å². The van der Waals surface area contributed by atoms with Gasteiger partial charge in [0.05, 0.1) is 3.82 Å². The van der Waals surface area contributed by atoms with E-state index >= 15 is 0 Å². The summed E-state index contributed by atoms with van der Waals surface area (Å²) >= 11 is 1.89. The number of likely N-dealkylation sites (N-methyl/N-ethyl adjacent to an activating group) is 1. The Kier molecular flexibility index (Phi) is 3.48. The van der Waals surface area contributed by atoms with Gasteiger partial charge in [0.15, 0.2) is 0 Å². The third-order valence-corrected chi connectivity index (χ3v) is 5.79. The number of fused-ring (bicyclic) bond motifs is 1. The Bertz CT molecular complexity index is 579. The number of carbonyl (C=O) groups is 2. The highest BCUT2D eigenvalue weighted by Gasteiger charge is 2.70. The molecule has 0 spiro atoms. The Morgan fingerprint density at radius 2 is 1.71 bits per heavy atom. The maximum Gasteiger partial charge on any atom is 0.599 e. The van der Waals surface area contributed by atoms with Crippen molar-refractivity contribution in [2.75, 3.05) is 20.1 Å². The van der Waals surface area contributed by atoms with E-state index in [1.165, 1.54) is 0 Å². The molecule has 0 N–H and O–H groups in total. The molecule has 1 aromatic carbocycles. The minimum absolute atomic E-state index is 0.00146. The van der Waals surface area contributed by atoms with Crippen molar-refractivity contribution in [3.8, 4) is 0 Å². The molecule has 2 heterocycles. The summed E-state index contributed by atoms with van der Waals surface area (Å²) < 4.78 is 24.8. The summed E-state index contributed by atoms with van der Waals surface area (Å²) in [6.45, 7) is -2.31. The highest BCUT2D eigenvalue weighted by Crippen LogP contribution is 2.44. The van der Waals surface area contributed by atoms with E-state index < -0.39 is 28.6 Å². The van der Waals surface area contributed by atoms with Crippen molar-refractivity contribution in [3.63, 3.8) is 0 Å². The summed E-state index contributed by atoms with van der Waals surface area (Å²) in [6.07, 6.45) is -1.39. The number of benzene rings is 1. The molecule has 0 bridgehead atoms. The smallest absolute Gasteiger partial charge is 0.599 e. The highest BCUT2D eigenvalue weighted by atomic mass is 127. The lowest BCUT2D eigenvalue weighted by Gasteiger charge is -2.43. The summed E-state index contributed by atoms with van der Waals surface area (Å²) in [6, 6.07) is 8.62. The molecule has 2 aliphatic heterocycles. The molecule has 2 fully saturated rings. The first-order chi connectivity index (χ1) is 9.88. The van der Waals surface area contributed by atoms with E-state index in [4.69, 9.17) is 9.31 Å². The molecule has 3 rings (SSSR count). The Morgan fingerprint density at radius 3 is 2.24 bits per heavy atom. The minimum Gasteiger partial charge on any atom is -0.599 e. The standard InChI is InChI=1S/C13H14BFINO4/c1-17-7-10(18)20-14(17,21-11(19)8-17)13(16)12(15)9-5-3-2-4-6-9/h2-6,12-13H,7-8H2,1H3/t12-,13+,14?,17?/m1/s1. The monoisotopic (exact) mass is 405 g/mol. The Morgan fingerprint density at radius 1 is 1.19 bits per heavy atom. The number of rotatable bonds is 3. The van der Waals surface area contributed by atoms with Crippen molar-refractivity contribution >= 4 is 41.2 Å². The topological polar surface area (TPSA) is 52.6 Å². The van der Waals surface area contributed by atoms with Crippen LogP contribution in [0.4, 0.5) is 4.39 Å². The second-order valence-corrected chi connectivity index (χ2v) is 7.20. The zero-order valence-electron chi connectivity index (χ0n) is 11.4. The van der Waals surface area contributed by atoms with Gasteiger partial charge >= 0.3 is 18.6 Å². The average molecular weight is 405 g/mol. The van der Waals surface area contributed by atoms with E-state index in [-0.39, 0.29) is 17.5 Å². The minimum atomic E-state index is -2.38. The normalized spacial score (nSPS) is 34.0. The predicted octanol–water partition coefficient (Wildman–Crippen LogP) is 1.54. The van der Waals surface area contributed by atoms with Gasteiger partial charge in [-0.25, -0.2) is 4.39 Å². The van der Waals surface area contributed by atoms with E-state index in [9.17, 15) is 14.0 Å². The SMILES string of the molecule is C[N+]12CC(=O)O[B-]1([C@@H](I)[C@H](F)c1ccccc1)OC(=O)C2. The molecule has 1 aromatic rings. The fourth-order valence-corrected chi connectivity index (χ4v) is 4.62. The highest BCUT2D eigenvalue weighted by molar-refractivity contribution is 14.1. The molecule has 0 saturated carbocycles. The lowest BCUT2D eigenvalue weighted by Crippen LogP contribution is -2.66. The fourth-order valence-electron chi connectivity index (χ4n) is 3.14. The van der Waals surface area contributed by atoms with Crippen molar-refractivity contribution in [1.29, 1.82) is 0 Å². The first-order valence-corrected chi connectivity index (χ1v) is 7.88. The lowest BCUT2D eigenvalue weighted by atomic mass is 9.62. The number of hydrogen-bond acceptors (Lipinski definition) is 4. The summed E-state index contributed by atoms with van der Waals surface area (Å²) in [5.74, 6) is -0.904. The number of alkyl halides is 2. The van der Waals surface area contributed by atoms with Gasteiger partial charge in [-0.1, -0.05) is 30.3 Å². The molecule has 21 heavy (non-hydrogen) atoms. The zero-order valence-corrected chi connectivity index (χ0v) is 13.5. The molecule has 2 saturated heterocycles. The quantitative estimate of drug-likeness (QED) is 0.435. The van der Waals surface area contributed by atoms with Gasteiger partial charge in [-0.05, 0) is 5.56 Å². The van der Waals surface area contributed by atoms with Gasteiger partial charge in [0.2, 0.25) is 0 Å². The molecule has 0 unspecified atom stereocenters. The fraction of sp³-hybridized carbons (Fsp3) is 0.385. The van der Waals surface area contributed by atoms with E-state index in [2.05, 4.69) is 0 Å². The van der Waals surface area contributed by atoms with Crippen LogP contribution in [0, 0.1) is 0 Å². The number of hydrogen-bond donors (Lipinski definition) is 0. The van der Waals surface area contributed by atoms with Crippen LogP contribution in [0.1, 0.15) is 11.7 Å². The summed E-state index contributed by atoms with van der Waals surface area (Å²) in [5.41, 5.74) is 0.477. The van der Waals surface area contributed by atoms with Crippen LogP contribution in [0.5, 0.6) is 0 Å². The van der Waals surface area contributed by atoms with Gasteiger partial charge in [0, 0.05) is 7.05 Å². The molecule has 0 aromatic heterocycles.